The lowest BCUT2D eigenvalue weighted by Gasteiger charge is -2.22. The lowest BCUT2D eigenvalue weighted by atomic mass is 10.1. The zero-order chi connectivity index (χ0) is 19.5. The van der Waals surface area contributed by atoms with Crippen molar-refractivity contribution in [2.45, 2.75) is 32.0 Å². The minimum atomic E-state index is 0.302. The zero-order valence-electron chi connectivity index (χ0n) is 16.3. The molecule has 3 aromatic heterocycles. The van der Waals surface area contributed by atoms with Gasteiger partial charge in [0, 0.05) is 25.5 Å². The van der Waals surface area contributed by atoms with Gasteiger partial charge in [0.1, 0.15) is 5.69 Å². The fraction of sp³-hybridized carbons (Fsp3) is 0.261. The van der Waals surface area contributed by atoms with Crippen LogP contribution in [0.2, 0.25) is 0 Å². The highest BCUT2D eigenvalue weighted by molar-refractivity contribution is 5.57. The zero-order valence-corrected chi connectivity index (χ0v) is 16.3. The summed E-state index contributed by atoms with van der Waals surface area (Å²) in [4.78, 5) is 6.74. The summed E-state index contributed by atoms with van der Waals surface area (Å²) in [7, 11) is 0. The van der Waals surface area contributed by atoms with Crippen LogP contribution < -0.4 is 5.32 Å². The van der Waals surface area contributed by atoms with Crippen LogP contribution in [0.4, 0.5) is 5.69 Å². The number of benzene rings is 1. The fourth-order valence-electron chi connectivity index (χ4n) is 4.11. The lowest BCUT2D eigenvalue weighted by molar-refractivity contribution is 0.245. The van der Waals surface area contributed by atoms with E-state index in [4.69, 9.17) is 0 Å². The molecule has 1 saturated heterocycles. The monoisotopic (exact) mass is 384 g/mol. The van der Waals surface area contributed by atoms with E-state index >= 15 is 0 Å². The Morgan fingerprint density at radius 3 is 2.76 bits per heavy atom. The summed E-state index contributed by atoms with van der Waals surface area (Å²) in [5, 5.41) is 12.4. The van der Waals surface area contributed by atoms with Gasteiger partial charge in [-0.05, 0) is 48.7 Å². The number of nitrogens with zero attached hydrogens (tertiary/aromatic N) is 5. The Morgan fingerprint density at radius 2 is 1.90 bits per heavy atom. The first-order chi connectivity index (χ1) is 14.4. The second-order valence-corrected chi connectivity index (χ2v) is 7.55. The van der Waals surface area contributed by atoms with Gasteiger partial charge in [-0.2, -0.15) is 0 Å². The molecule has 29 heavy (non-hydrogen) atoms. The van der Waals surface area contributed by atoms with Crippen LogP contribution in [0.3, 0.4) is 0 Å². The van der Waals surface area contributed by atoms with Crippen molar-refractivity contribution in [3.63, 3.8) is 0 Å². The highest BCUT2D eigenvalue weighted by Crippen LogP contribution is 2.34. The molecule has 1 N–H and O–H groups in total. The number of aromatic nitrogens is 4. The highest BCUT2D eigenvalue weighted by atomic mass is 15.4. The normalized spacial score (nSPS) is 17.0. The average molecular weight is 384 g/mol. The number of likely N-dealkylation sites (tertiary alicyclic amines) is 1. The van der Waals surface area contributed by atoms with Crippen LogP contribution in [0.25, 0.3) is 5.52 Å². The van der Waals surface area contributed by atoms with E-state index in [0.717, 1.165) is 43.0 Å². The first-order valence-corrected chi connectivity index (χ1v) is 10.1. The molecule has 0 saturated carbocycles. The topological polar surface area (TPSA) is 58.3 Å². The van der Waals surface area contributed by atoms with E-state index in [1.165, 1.54) is 17.5 Å². The van der Waals surface area contributed by atoms with Gasteiger partial charge in [-0.3, -0.25) is 9.88 Å². The Labute approximate surface area is 170 Å². The van der Waals surface area contributed by atoms with E-state index in [1.54, 1.807) is 0 Å². The van der Waals surface area contributed by atoms with Crippen molar-refractivity contribution in [1.82, 2.24) is 24.7 Å². The standard InChI is InChI=1S/C23H24N6/c1-2-6-18(7-3-1)15-25-20-10-11-22-23(26-27-29(22)17-20)21-9-5-13-28(21)16-19-8-4-12-24-14-19/h1-4,6-8,10-12,14,17,21,25H,5,9,13,15-16H2. The molecule has 1 aromatic carbocycles. The van der Waals surface area contributed by atoms with Crippen molar-refractivity contribution >= 4 is 11.2 Å². The van der Waals surface area contributed by atoms with Crippen molar-refractivity contribution in [2.75, 3.05) is 11.9 Å². The highest BCUT2D eigenvalue weighted by Gasteiger charge is 2.29. The van der Waals surface area contributed by atoms with E-state index in [1.807, 2.05) is 35.2 Å². The van der Waals surface area contributed by atoms with Gasteiger partial charge in [0.25, 0.3) is 0 Å². The quantitative estimate of drug-likeness (QED) is 0.543. The van der Waals surface area contributed by atoms with E-state index in [2.05, 4.69) is 68.0 Å². The SMILES string of the molecule is c1ccc(CNc2ccc3c(C4CCCN4Cc4cccnc4)nnn3c2)cc1. The molecule has 1 atom stereocenters. The van der Waals surface area contributed by atoms with Crippen LogP contribution in [-0.4, -0.2) is 31.3 Å². The molecule has 1 aliphatic rings. The summed E-state index contributed by atoms with van der Waals surface area (Å²) in [6.45, 7) is 2.76. The third-order valence-corrected chi connectivity index (χ3v) is 5.57. The third-order valence-electron chi connectivity index (χ3n) is 5.57. The molecule has 0 bridgehead atoms. The lowest BCUT2D eigenvalue weighted by Crippen LogP contribution is -2.23. The molecule has 1 aliphatic heterocycles. The number of fused-ring (bicyclic) bond motifs is 1. The predicted molar refractivity (Wildman–Crippen MR) is 113 cm³/mol. The van der Waals surface area contributed by atoms with Crippen molar-refractivity contribution in [3.8, 4) is 0 Å². The molecule has 4 heterocycles. The minimum Gasteiger partial charge on any atom is -0.380 e. The maximum Gasteiger partial charge on any atom is 0.108 e. The van der Waals surface area contributed by atoms with Gasteiger partial charge in [0.05, 0.1) is 23.4 Å². The van der Waals surface area contributed by atoms with Crippen LogP contribution >= 0.6 is 0 Å². The maximum absolute atomic E-state index is 4.56. The minimum absolute atomic E-state index is 0.302. The van der Waals surface area contributed by atoms with Gasteiger partial charge in [-0.15, -0.1) is 5.10 Å². The number of rotatable bonds is 6. The Morgan fingerprint density at radius 1 is 1.00 bits per heavy atom. The van der Waals surface area contributed by atoms with Crippen LogP contribution in [0.1, 0.15) is 35.7 Å². The van der Waals surface area contributed by atoms with Gasteiger partial charge < -0.3 is 5.32 Å². The van der Waals surface area contributed by atoms with Gasteiger partial charge in [-0.1, -0.05) is 41.6 Å². The molecule has 6 heteroatoms. The molecule has 4 aromatic rings. The molecule has 6 nitrogen and oxygen atoms in total. The number of pyridine rings is 2. The second kappa shape index (κ2) is 8.01. The molecule has 0 amide bonds. The first-order valence-electron chi connectivity index (χ1n) is 10.1. The van der Waals surface area contributed by atoms with E-state index in [0.29, 0.717) is 6.04 Å². The number of hydrogen-bond acceptors (Lipinski definition) is 5. The van der Waals surface area contributed by atoms with E-state index in [9.17, 15) is 0 Å². The number of nitrogens with one attached hydrogen (secondary N) is 1. The Hall–Kier alpha value is -3.25. The number of anilines is 1. The molecule has 5 rings (SSSR count). The van der Waals surface area contributed by atoms with Crippen molar-refractivity contribution in [2.24, 2.45) is 0 Å². The molecule has 146 valence electrons. The van der Waals surface area contributed by atoms with Crippen LogP contribution in [-0.2, 0) is 13.1 Å². The summed E-state index contributed by atoms with van der Waals surface area (Å²) in [5.74, 6) is 0. The summed E-state index contributed by atoms with van der Waals surface area (Å²) in [6.07, 6.45) is 8.09. The van der Waals surface area contributed by atoms with E-state index < -0.39 is 0 Å². The third kappa shape index (κ3) is 3.84. The molecule has 0 spiro atoms. The molecule has 1 fully saturated rings. The first kappa shape index (κ1) is 17.8. The summed E-state index contributed by atoms with van der Waals surface area (Å²) < 4.78 is 1.89. The smallest absolute Gasteiger partial charge is 0.108 e. The molecule has 1 unspecified atom stereocenters. The number of hydrogen-bond donors (Lipinski definition) is 1. The molecular weight excluding hydrogens is 360 g/mol. The van der Waals surface area contributed by atoms with Crippen molar-refractivity contribution in [1.29, 1.82) is 0 Å². The summed E-state index contributed by atoms with van der Waals surface area (Å²) in [5.41, 5.74) is 5.68. The molecular formula is C23H24N6. The van der Waals surface area contributed by atoms with Crippen molar-refractivity contribution < 1.29 is 0 Å². The van der Waals surface area contributed by atoms with Gasteiger partial charge in [0.15, 0.2) is 0 Å². The molecule has 0 aliphatic carbocycles. The second-order valence-electron chi connectivity index (χ2n) is 7.55. The average Bonchev–Trinajstić information content (AvgIpc) is 3.40. The van der Waals surface area contributed by atoms with Gasteiger partial charge in [-0.25, -0.2) is 4.52 Å². The Bertz CT molecular complexity index is 1080. The predicted octanol–water partition coefficient (Wildman–Crippen LogP) is 4.07. The Kier molecular flexibility index (Phi) is 4.92. The fourth-order valence-corrected chi connectivity index (χ4v) is 4.11. The van der Waals surface area contributed by atoms with Crippen LogP contribution in [0.5, 0.6) is 0 Å². The van der Waals surface area contributed by atoms with Crippen LogP contribution in [0, 0.1) is 0 Å². The van der Waals surface area contributed by atoms with Crippen LogP contribution in [0.15, 0.2) is 73.2 Å². The Balaban J connectivity index is 1.34. The van der Waals surface area contributed by atoms with Gasteiger partial charge >= 0.3 is 0 Å². The maximum atomic E-state index is 4.56. The van der Waals surface area contributed by atoms with Crippen molar-refractivity contribution in [3.05, 3.63) is 90.0 Å². The van der Waals surface area contributed by atoms with Gasteiger partial charge in [0.2, 0.25) is 0 Å². The van der Waals surface area contributed by atoms with E-state index in [-0.39, 0.29) is 0 Å². The molecule has 0 radical (unpaired) electrons. The summed E-state index contributed by atoms with van der Waals surface area (Å²) >= 11 is 0. The summed E-state index contributed by atoms with van der Waals surface area (Å²) in [6, 6.07) is 19.1. The largest absolute Gasteiger partial charge is 0.380 e.